The van der Waals surface area contributed by atoms with Gasteiger partial charge in [-0.2, -0.15) is 0 Å². The molecule has 1 aromatic heterocycles. The van der Waals surface area contributed by atoms with Crippen molar-refractivity contribution >= 4 is 17.5 Å². The van der Waals surface area contributed by atoms with E-state index in [4.69, 9.17) is 16.3 Å². The normalized spacial score (nSPS) is 18.5. The maximum Gasteiger partial charge on any atom is 0.273 e. The van der Waals surface area contributed by atoms with Crippen molar-refractivity contribution in [1.29, 1.82) is 0 Å². The lowest BCUT2D eigenvalue weighted by atomic mass is 10.1. The number of hydrogen-bond donors (Lipinski definition) is 0. The average molecular weight is 321 g/mol. The summed E-state index contributed by atoms with van der Waals surface area (Å²) in [5.74, 6) is -0.0767. The van der Waals surface area contributed by atoms with E-state index < -0.39 is 0 Å². The predicted molar refractivity (Wildman–Crippen MR) is 81.7 cm³/mol. The molecule has 0 spiro atoms. The zero-order valence-corrected chi connectivity index (χ0v) is 13.0. The van der Waals surface area contributed by atoms with Crippen LogP contribution in [-0.4, -0.2) is 45.5 Å². The molecule has 0 radical (unpaired) electrons. The molecule has 2 heterocycles. The molecule has 1 aliphatic heterocycles. The Morgan fingerprint density at radius 1 is 1.45 bits per heavy atom. The van der Waals surface area contributed by atoms with Crippen LogP contribution in [0.15, 0.2) is 30.5 Å². The standard InChI is InChI=1S/C15H17ClN4O2/c1-2-20-13(9-17-18-20)15(21)19-7-8-22-14(10-19)11-5-3-4-6-12(11)16/h3-6,9,14H,2,7-8,10H2,1H3. The van der Waals surface area contributed by atoms with E-state index in [1.807, 2.05) is 31.2 Å². The van der Waals surface area contributed by atoms with Gasteiger partial charge in [-0.15, -0.1) is 5.10 Å². The Morgan fingerprint density at radius 3 is 3.05 bits per heavy atom. The van der Waals surface area contributed by atoms with Gasteiger partial charge in [-0.1, -0.05) is 35.0 Å². The van der Waals surface area contributed by atoms with Crippen LogP contribution in [0.5, 0.6) is 0 Å². The van der Waals surface area contributed by atoms with Gasteiger partial charge in [0.05, 0.1) is 19.3 Å². The third kappa shape index (κ3) is 2.84. The van der Waals surface area contributed by atoms with E-state index in [0.717, 1.165) is 5.56 Å². The van der Waals surface area contributed by atoms with Crippen molar-refractivity contribution in [2.24, 2.45) is 0 Å². The monoisotopic (exact) mass is 320 g/mol. The maximum atomic E-state index is 12.6. The number of nitrogens with zero attached hydrogens (tertiary/aromatic N) is 4. The molecule has 0 N–H and O–H groups in total. The SMILES string of the molecule is CCn1nncc1C(=O)N1CCOC(c2ccccc2Cl)C1. The zero-order chi connectivity index (χ0) is 15.5. The molecule has 7 heteroatoms. The summed E-state index contributed by atoms with van der Waals surface area (Å²) in [5.41, 5.74) is 1.41. The number of morpholine rings is 1. The first-order valence-corrected chi connectivity index (χ1v) is 7.62. The van der Waals surface area contributed by atoms with Gasteiger partial charge in [0.2, 0.25) is 0 Å². The molecule has 22 heavy (non-hydrogen) atoms. The zero-order valence-electron chi connectivity index (χ0n) is 12.3. The highest BCUT2D eigenvalue weighted by atomic mass is 35.5. The molecule has 1 saturated heterocycles. The highest BCUT2D eigenvalue weighted by Gasteiger charge is 2.28. The first-order valence-electron chi connectivity index (χ1n) is 7.24. The summed E-state index contributed by atoms with van der Waals surface area (Å²) >= 11 is 6.22. The van der Waals surface area contributed by atoms with Crippen LogP contribution < -0.4 is 0 Å². The summed E-state index contributed by atoms with van der Waals surface area (Å²) < 4.78 is 7.38. The number of hydrogen-bond acceptors (Lipinski definition) is 4. The molecule has 116 valence electrons. The highest BCUT2D eigenvalue weighted by Crippen LogP contribution is 2.28. The van der Waals surface area contributed by atoms with E-state index in [1.54, 1.807) is 9.58 Å². The second kappa shape index (κ2) is 6.46. The Labute approximate surface area is 133 Å². The van der Waals surface area contributed by atoms with Gasteiger partial charge in [0.1, 0.15) is 11.8 Å². The van der Waals surface area contributed by atoms with Crippen LogP contribution >= 0.6 is 11.6 Å². The third-order valence-corrected chi connectivity index (χ3v) is 4.09. The molecule has 1 amide bonds. The smallest absolute Gasteiger partial charge is 0.273 e. The van der Waals surface area contributed by atoms with Gasteiger partial charge in [0.15, 0.2) is 0 Å². The second-order valence-corrected chi connectivity index (χ2v) is 5.47. The topological polar surface area (TPSA) is 60.2 Å². The maximum absolute atomic E-state index is 12.6. The van der Waals surface area contributed by atoms with Crippen molar-refractivity contribution in [3.63, 3.8) is 0 Å². The molecule has 1 atom stereocenters. The Hall–Kier alpha value is -1.92. The molecule has 0 bridgehead atoms. The largest absolute Gasteiger partial charge is 0.370 e. The minimum Gasteiger partial charge on any atom is -0.370 e. The van der Waals surface area contributed by atoms with Crippen molar-refractivity contribution < 1.29 is 9.53 Å². The summed E-state index contributed by atoms with van der Waals surface area (Å²) in [6.07, 6.45) is 1.29. The van der Waals surface area contributed by atoms with Crippen LogP contribution in [0.25, 0.3) is 0 Å². The molecule has 0 aliphatic carbocycles. The van der Waals surface area contributed by atoms with Crippen LogP contribution in [0.2, 0.25) is 5.02 Å². The number of rotatable bonds is 3. The lowest BCUT2D eigenvalue weighted by molar-refractivity contribution is -0.0231. The molecular formula is C15H17ClN4O2. The van der Waals surface area contributed by atoms with Gasteiger partial charge < -0.3 is 9.64 Å². The van der Waals surface area contributed by atoms with E-state index in [9.17, 15) is 4.79 Å². The van der Waals surface area contributed by atoms with Gasteiger partial charge in [0, 0.05) is 23.7 Å². The number of amides is 1. The summed E-state index contributed by atoms with van der Waals surface area (Å²) in [4.78, 5) is 14.4. The van der Waals surface area contributed by atoms with E-state index in [2.05, 4.69) is 10.3 Å². The molecule has 1 unspecified atom stereocenters. The van der Waals surface area contributed by atoms with Crippen molar-refractivity contribution in [2.75, 3.05) is 19.7 Å². The van der Waals surface area contributed by atoms with E-state index in [0.29, 0.717) is 37.0 Å². The fraction of sp³-hybridized carbons (Fsp3) is 0.400. The Balaban J connectivity index is 1.79. The first kappa shape index (κ1) is 15.0. The fourth-order valence-corrected chi connectivity index (χ4v) is 2.83. The minimum absolute atomic E-state index is 0.0767. The van der Waals surface area contributed by atoms with E-state index in [1.165, 1.54) is 6.20 Å². The Bertz CT molecular complexity index is 673. The van der Waals surface area contributed by atoms with E-state index >= 15 is 0 Å². The minimum atomic E-state index is -0.211. The summed E-state index contributed by atoms with van der Waals surface area (Å²) in [6.45, 7) is 4.04. The van der Waals surface area contributed by atoms with Crippen LogP contribution in [-0.2, 0) is 11.3 Å². The predicted octanol–water partition coefficient (Wildman–Crippen LogP) is 2.17. The van der Waals surface area contributed by atoms with Gasteiger partial charge in [-0.05, 0) is 13.0 Å². The van der Waals surface area contributed by atoms with Crippen LogP contribution in [0.3, 0.4) is 0 Å². The molecule has 1 aliphatic rings. The number of benzene rings is 1. The van der Waals surface area contributed by atoms with Crippen LogP contribution in [0.1, 0.15) is 29.1 Å². The van der Waals surface area contributed by atoms with Gasteiger partial charge in [-0.3, -0.25) is 4.79 Å². The number of carbonyl (C=O) groups is 1. The number of halogens is 1. The summed E-state index contributed by atoms with van der Waals surface area (Å²) in [5, 5.41) is 8.38. The molecule has 3 rings (SSSR count). The van der Waals surface area contributed by atoms with Crippen molar-refractivity contribution in [1.82, 2.24) is 19.9 Å². The number of aryl methyl sites for hydroxylation is 1. The van der Waals surface area contributed by atoms with Crippen molar-refractivity contribution in [3.05, 3.63) is 46.7 Å². The quantitative estimate of drug-likeness (QED) is 0.869. The van der Waals surface area contributed by atoms with Gasteiger partial charge in [0.25, 0.3) is 5.91 Å². The Morgan fingerprint density at radius 2 is 2.27 bits per heavy atom. The van der Waals surface area contributed by atoms with Gasteiger partial charge in [-0.25, -0.2) is 4.68 Å². The molecule has 1 aromatic carbocycles. The molecule has 2 aromatic rings. The third-order valence-electron chi connectivity index (χ3n) is 3.74. The molecular weight excluding hydrogens is 304 g/mol. The lowest BCUT2D eigenvalue weighted by Gasteiger charge is -2.33. The summed E-state index contributed by atoms with van der Waals surface area (Å²) in [7, 11) is 0. The summed E-state index contributed by atoms with van der Waals surface area (Å²) in [6, 6.07) is 7.56. The number of carbonyl (C=O) groups excluding carboxylic acids is 1. The molecule has 1 fully saturated rings. The molecule has 0 saturated carbocycles. The van der Waals surface area contributed by atoms with Crippen molar-refractivity contribution in [2.45, 2.75) is 19.6 Å². The highest BCUT2D eigenvalue weighted by molar-refractivity contribution is 6.31. The Kier molecular flexibility index (Phi) is 4.40. The second-order valence-electron chi connectivity index (χ2n) is 5.07. The van der Waals surface area contributed by atoms with Crippen molar-refractivity contribution in [3.8, 4) is 0 Å². The van der Waals surface area contributed by atoms with Crippen LogP contribution in [0, 0.1) is 0 Å². The fourth-order valence-electron chi connectivity index (χ4n) is 2.58. The number of aromatic nitrogens is 3. The van der Waals surface area contributed by atoms with E-state index in [-0.39, 0.29) is 12.0 Å². The first-order chi connectivity index (χ1) is 10.7. The average Bonchev–Trinajstić information content (AvgIpc) is 3.03. The van der Waals surface area contributed by atoms with Gasteiger partial charge >= 0.3 is 0 Å². The lowest BCUT2D eigenvalue weighted by Crippen LogP contribution is -2.43. The molecule has 6 nitrogen and oxygen atoms in total. The van der Waals surface area contributed by atoms with Crippen LogP contribution in [0.4, 0.5) is 0 Å². The number of ether oxygens (including phenoxy) is 1.